The number of aromatic nitrogens is 2. The molecule has 13 heavy (non-hydrogen) atoms. The van der Waals surface area contributed by atoms with E-state index in [0.29, 0.717) is 5.56 Å². The lowest BCUT2D eigenvalue weighted by molar-refractivity contribution is 0.0919. The fourth-order valence-corrected chi connectivity index (χ4v) is 0.838. The maximum absolute atomic E-state index is 11.5. The number of amides is 1. The number of carbonyl (C=O) groups is 1. The maximum Gasteiger partial charge on any atom is 0.253 e. The van der Waals surface area contributed by atoms with Crippen LogP contribution >= 0.6 is 0 Å². The average Bonchev–Trinajstić information content (AvgIpc) is 2.03. The van der Waals surface area contributed by atoms with Crippen LogP contribution in [0.3, 0.4) is 0 Å². The number of carbonyl (C=O) groups excluding carboxylic acids is 1. The molecule has 1 rings (SSSR count). The van der Waals surface area contributed by atoms with Crippen LogP contribution in [0.1, 0.15) is 31.1 Å². The Morgan fingerprint density at radius 3 is 2.54 bits per heavy atom. The molecule has 0 atom stereocenters. The van der Waals surface area contributed by atoms with Crippen molar-refractivity contribution < 1.29 is 4.79 Å². The molecule has 0 saturated heterocycles. The van der Waals surface area contributed by atoms with E-state index in [1.54, 1.807) is 6.07 Å². The van der Waals surface area contributed by atoms with Gasteiger partial charge in [-0.25, -0.2) is 0 Å². The largest absolute Gasteiger partial charge is 0.347 e. The topological polar surface area (TPSA) is 54.9 Å². The van der Waals surface area contributed by atoms with Gasteiger partial charge < -0.3 is 5.32 Å². The van der Waals surface area contributed by atoms with Gasteiger partial charge in [0, 0.05) is 5.54 Å². The Balaban J connectivity index is 2.71. The predicted molar refractivity (Wildman–Crippen MR) is 49.3 cm³/mol. The first-order valence-corrected chi connectivity index (χ1v) is 4.08. The molecule has 0 unspecified atom stereocenters. The fraction of sp³-hybridized carbons (Fsp3) is 0.444. The summed E-state index contributed by atoms with van der Waals surface area (Å²) in [7, 11) is 0. The van der Waals surface area contributed by atoms with Gasteiger partial charge in [0.05, 0.1) is 18.0 Å². The van der Waals surface area contributed by atoms with Crippen LogP contribution in [0.2, 0.25) is 0 Å². The first kappa shape index (κ1) is 9.64. The van der Waals surface area contributed by atoms with Gasteiger partial charge in [-0.3, -0.25) is 4.79 Å². The summed E-state index contributed by atoms with van der Waals surface area (Å²) in [6, 6.07) is 1.63. The van der Waals surface area contributed by atoms with Crippen molar-refractivity contribution in [1.82, 2.24) is 15.5 Å². The molecule has 4 nitrogen and oxygen atoms in total. The van der Waals surface area contributed by atoms with Crippen molar-refractivity contribution >= 4 is 5.91 Å². The Labute approximate surface area is 77.4 Å². The van der Waals surface area contributed by atoms with E-state index in [-0.39, 0.29) is 11.4 Å². The lowest BCUT2D eigenvalue weighted by atomic mass is 10.1. The molecule has 0 radical (unpaired) electrons. The number of rotatable bonds is 1. The minimum Gasteiger partial charge on any atom is -0.347 e. The molecular formula is C9H13N3O. The second kappa shape index (κ2) is 3.51. The van der Waals surface area contributed by atoms with E-state index in [9.17, 15) is 4.79 Å². The SMILES string of the molecule is CC(C)(C)NC(=O)c1ccnnc1. The molecule has 0 fully saturated rings. The zero-order valence-corrected chi connectivity index (χ0v) is 8.03. The summed E-state index contributed by atoms with van der Waals surface area (Å²) in [4.78, 5) is 11.5. The Morgan fingerprint density at radius 2 is 2.08 bits per heavy atom. The summed E-state index contributed by atoms with van der Waals surface area (Å²) in [6.45, 7) is 5.79. The van der Waals surface area contributed by atoms with Gasteiger partial charge in [-0.05, 0) is 26.8 Å². The molecule has 1 heterocycles. The average molecular weight is 179 g/mol. The summed E-state index contributed by atoms with van der Waals surface area (Å²) in [6.07, 6.45) is 2.94. The minimum atomic E-state index is -0.222. The minimum absolute atomic E-state index is 0.123. The van der Waals surface area contributed by atoms with Gasteiger partial charge in [0.25, 0.3) is 5.91 Å². The molecular weight excluding hydrogens is 166 g/mol. The molecule has 1 aromatic heterocycles. The van der Waals surface area contributed by atoms with Crippen LogP contribution in [0.5, 0.6) is 0 Å². The molecule has 0 aliphatic rings. The molecule has 0 aliphatic heterocycles. The molecule has 0 aromatic carbocycles. The van der Waals surface area contributed by atoms with Crippen molar-refractivity contribution in [1.29, 1.82) is 0 Å². The van der Waals surface area contributed by atoms with Crippen LogP contribution in [-0.4, -0.2) is 21.6 Å². The normalized spacial score (nSPS) is 11.0. The van der Waals surface area contributed by atoms with Crippen molar-refractivity contribution in [2.24, 2.45) is 0 Å². The zero-order valence-electron chi connectivity index (χ0n) is 8.03. The Hall–Kier alpha value is -1.45. The highest BCUT2D eigenvalue weighted by Gasteiger charge is 2.14. The summed E-state index contributed by atoms with van der Waals surface area (Å²) in [5, 5.41) is 10.0. The van der Waals surface area contributed by atoms with Gasteiger partial charge in [-0.1, -0.05) is 0 Å². The molecule has 1 aromatic rings. The van der Waals surface area contributed by atoms with E-state index >= 15 is 0 Å². The van der Waals surface area contributed by atoms with Crippen LogP contribution in [0, 0.1) is 0 Å². The first-order valence-electron chi connectivity index (χ1n) is 4.08. The second-order valence-electron chi connectivity index (χ2n) is 3.84. The number of hydrogen-bond donors (Lipinski definition) is 1. The van der Waals surface area contributed by atoms with Crippen molar-refractivity contribution in [3.8, 4) is 0 Å². The van der Waals surface area contributed by atoms with E-state index in [0.717, 1.165) is 0 Å². The third kappa shape index (κ3) is 3.19. The van der Waals surface area contributed by atoms with Crippen molar-refractivity contribution in [3.63, 3.8) is 0 Å². The Morgan fingerprint density at radius 1 is 1.38 bits per heavy atom. The second-order valence-corrected chi connectivity index (χ2v) is 3.84. The lowest BCUT2D eigenvalue weighted by Crippen LogP contribution is -2.40. The predicted octanol–water partition coefficient (Wildman–Crippen LogP) is 1.00. The fourth-order valence-electron chi connectivity index (χ4n) is 0.838. The standard InChI is InChI=1S/C9H13N3O/c1-9(2,3)12-8(13)7-4-5-10-11-6-7/h4-6H,1-3H3,(H,12,13). The highest BCUT2D eigenvalue weighted by atomic mass is 16.1. The van der Waals surface area contributed by atoms with Crippen molar-refractivity contribution in [3.05, 3.63) is 24.0 Å². The van der Waals surface area contributed by atoms with Gasteiger partial charge in [-0.2, -0.15) is 10.2 Å². The van der Waals surface area contributed by atoms with Crippen LogP contribution in [0.25, 0.3) is 0 Å². The number of nitrogens with zero attached hydrogens (tertiary/aromatic N) is 2. The molecule has 70 valence electrons. The van der Waals surface area contributed by atoms with Gasteiger partial charge >= 0.3 is 0 Å². The molecule has 0 aliphatic carbocycles. The zero-order chi connectivity index (χ0) is 9.90. The molecule has 4 heteroatoms. The maximum atomic E-state index is 11.5. The molecule has 1 amide bonds. The van der Waals surface area contributed by atoms with Crippen LogP contribution < -0.4 is 5.32 Å². The van der Waals surface area contributed by atoms with E-state index in [2.05, 4.69) is 15.5 Å². The van der Waals surface area contributed by atoms with E-state index in [4.69, 9.17) is 0 Å². The third-order valence-corrected chi connectivity index (χ3v) is 1.33. The number of hydrogen-bond acceptors (Lipinski definition) is 3. The first-order chi connectivity index (χ1) is 5.99. The summed E-state index contributed by atoms with van der Waals surface area (Å²) in [5.41, 5.74) is 0.310. The highest BCUT2D eigenvalue weighted by molar-refractivity contribution is 5.94. The van der Waals surface area contributed by atoms with Crippen LogP contribution in [-0.2, 0) is 0 Å². The van der Waals surface area contributed by atoms with Gasteiger partial charge in [0.1, 0.15) is 0 Å². The van der Waals surface area contributed by atoms with Crippen molar-refractivity contribution in [2.75, 3.05) is 0 Å². The molecule has 1 N–H and O–H groups in total. The van der Waals surface area contributed by atoms with Crippen LogP contribution in [0.15, 0.2) is 18.5 Å². The molecule has 0 spiro atoms. The smallest absolute Gasteiger partial charge is 0.253 e. The lowest BCUT2D eigenvalue weighted by Gasteiger charge is -2.20. The molecule has 0 saturated carbocycles. The van der Waals surface area contributed by atoms with E-state index in [1.165, 1.54) is 12.4 Å². The summed E-state index contributed by atoms with van der Waals surface area (Å²) >= 11 is 0. The van der Waals surface area contributed by atoms with Gasteiger partial charge in [0.2, 0.25) is 0 Å². The monoisotopic (exact) mass is 179 g/mol. The highest BCUT2D eigenvalue weighted by Crippen LogP contribution is 2.02. The van der Waals surface area contributed by atoms with Crippen molar-refractivity contribution in [2.45, 2.75) is 26.3 Å². The summed E-state index contributed by atoms with van der Waals surface area (Å²) < 4.78 is 0. The molecule has 0 bridgehead atoms. The quantitative estimate of drug-likeness (QED) is 0.699. The third-order valence-electron chi connectivity index (χ3n) is 1.33. The Kier molecular flexibility index (Phi) is 2.60. The summed E-state index contributed by atoms with van der Waals surface area (Å²) in [5.74, 6) is -0.123. The van der Waals surface area contributed by atoms with Gasteiger partial charge in [-0.15, -0.1) is 0 Å². The van der Waals surface area contributed by atoms with E-state index < -0.39 is 0 Å². The van der Waals surface area contributed by atoms with E-state index in [1.807, 2.05) is 20.8 Å². The van der Waals surface area contributed by atoms with Crippen LogP contribution in [0.4, 0.5) is 0 Å². The number of nitrogens with one attached hydrogen (secondary N) is 1. The van der Waals surface area contributed by atoms with Gasteiger partial charge in [0.15, 0.2) is 0 Å². The Bertz CT molecular complexity index is 289.